The van der Waals surface area contributed by atoms with E-state index in [1.165, 1.54) is 44.2 Å². The highest BCUT2D eigenvalue weighted by Crippen LogP contribution is 2.57. The van der Waals surface area contributed by atoms with Gasteiger partial charge in [0.1, 0.15) is 22.3 Å². The van der Waals surface area contributed by atoms with E-state index in [0.717, 1.165) is 83.2 Å². The van der Waals surface area contributed by atoms with E-state index >= 15 is 0 Å². The Morgan fingerprint density at radius 3 is 1.69 bits per heavy atom. The molecule has 11 aromatic carbocycles. The van der Waals surface area contributed by atoms with Crippen molar-refractivity contribution >= 4 is 71.7 Å². The Labute approximate surface area is 393 Å². The van der Waals surface area contributed by atoms with Gasteiger partial charge in [0.2, 0.25) is 0 Å². The van der Waals surface area contributed by atoms with Crippen LogP contribution >= 0.6 is 0 Å². The quantitative estimate of drug-likeness (QED) is 0.160. The number of rotatable bonds is 7. The van der Waals surface area contributed by atoms with E-state index in [9.17, 15) is 0 Å². The average molecular weight is 868 g/mol. The normalized spacial score (nSPS) is 12.8. The van der Waals surface area contributed by atoms with Gasteiger partial charge in [-0.15, -0.1) is 0 Å². The maximum Gasteiger partial charge on any atom is 0.136 e. The number of fused-ring (bicyclic) bond motifs is 10. The van der Waals surface area contributed by atoms with Gasteiger partial charge in [-0.1, -0.05) is 182 Å². The molecule has 0 atom stereocenters. The summed E-state index contributed by atoms with van der Waals surface area (Å²) in [6.07, 6.45) is 0. The zero-order valence-corrected chi connectivity index (χ0v) is 36.9. The summed E-state index contributed by atoms with van der Waals surface area (Å²) in [5.41, 5.74) is 18.2. The van der Waals surface area contributed by atoms with Gasteiger partial charge >= 0.3 is 0 Å². The summed E-state index contributed by atoms with van der Waals surface area (Å²) < 4.78 is 12.8. The van der Waals surface area contributed by atoms with Gasteiger partial charge in [0.25, 0.3) is 0 Å². The Morgan fingerprint density at radius 1 is 0.309 bits per heavy atom. The van der Waals surface area contributed by atoms with Gasteiger partial charge in [-0.3, -0.25) is 0 Å². The van der Waals surface area contributed by atoms with Crippen LogP contribution in [0.25, 0.3) is 88.0 Å². The van der Waals surface area contributed by atoms with Crippen LogP contribution in [0.2, 0.25) is 0 Å². The van der Waals surface area contributed by atoms with Gasteiger partial charge in [0.05, 0.1) is 11.1 Å². The van der Waals surface area contributed by atoms with Crippen LogP contribution in [0, 0.1) is 0 Å². The molecule has 1 aliphatic rings. The van der Waals surface area contributed by atoms with E-state index < -0.39 is 5.41 Å². The highest BCUT2D eigenvalue weighted by molar-refractivity contribution is 6.13. The number of nitrogens with zero attached hydrogens (tertiary/aromatic N) is 1. The van der Waals surface area contributed by atoms with Crippen LogP contribution in [0.15, 0.2) is 258 Å². The minimum atomic E-state index is -0.552. The smallest absolute Gasteiger partial charge is 0.136 e. The van der Waals surface area contributed by atoms with Gasteiger partial charge in [-0.05, 0) is 128 Å². The van der Waals surface area contributed by atoms with Crippen molar-refractivity contribution in [2.45, 2.75) is 5.41 Å². The first kappa shape index (κ1) is 38.4. The SMILES string of the molecule is c1ccc(C2(c3ccccc3)c3ccccc3-c3ccc(N(c4ccc(-c5cccc6oc7ccccc7c56)cc4)c4ccccc4-c4ccc5oc6cc7ccccc7cc6c5c4)cc32)cc1. The Hall–Kier alpha value is -8.92. The lowest BCUT2D eigenvalue weighted by molar-refractivity contribution is 0.669. The lowest BCUT2D eigenvalue weighted by atomic mass is 9.67. The molecule has 3 heteroatoms. The minimum absolute atomic E-state index is 0.552. The van der Waals surface area contributed by atoms with Crippen molar-refractivity contribution in [2.24, 2.45) is 0 Å². The molecule has 0 saturated heterocycles. The topological polar surface area (TPSA) is 29.5 Å². The molecule has 0 radical (unpaired) electrons. The van der Waals surface area contributed by atoms with Crippen molar-refractivity contribution in [3.8, 4) is 33.4 Å². The summed E-state index contributed by atoms with van der Waals surface area (Å²) in [6, 6.07) is 90.3. The predicted octanol–water partition coefficient (Wildman–Crippen LogP) is 17.8. The molecule has 0 amide bonds. The third-order valence-electron chi connectivity index (χ3n) is 14.3. The monoisotopic (exact) mass is 867 g/mol. The molecule has 2 heterocycles. The van der Waals surface area contributed by atoms with Gasteiger partial charge in [-0.25, -0.2) is 0 Å². The molecule has 0 unspecified atom stereocenters. The summed E-state index contributed by atoms with van der Waals surface area (Å²) in [7, 11) is 0. The number of hydrogen-bond acceptors (Lipinski definition) is 3. The molecule has 0 spiro atoms. The van der Waals surface area contributed by atoms with Crippen LogP contribution in [0.1, 0.15) is 22.3 Å². The van der Waals surface area contributed by atoms with E-state index in [2.05, 4.69) is 241 Å². The van der Waals surface area contributed by atoms with Crippen LogP contribution in [-0.2, 0) is 5.41 Å². The largest absolute Gasteiger partial charge is 0.456 e. The van der Waals surface area contributed by atoms with E-state index in [-0.39, 0.29) is 0 Å². The van der Waals surface area contributed by atoms with Crippen LogP contribution in [0.5, 0.6) is 0 Å². The fourth-order valence-corrected chi connectivity index (χ4v) is 11.3. The van der Waals surface area contributed by atoms with Crippen molar-refractivity contribution in [3.05, 3.63) is 271 Å². The average Bonchev–Trinajstić information content (AvgIpc) is 4.06. The highest BCUT2D eigenvalue weighted by Gasteiger charge is 2.46. The summed E-state index contributed by atoms with van der Waals surface area (Å²) in [4.78, 5) is 2.45. The number of anilines is 3. The van der Waals surface area contributed by atoms with Crippen LogP contribution < -0.4 is 4.90 Å². The molecule has 1 aliphatic carbocycles. The molecule has 0 bridgehead atoms. The second-order valence-electron chi connectivity index (χ2n) is 17.9. The second-order valence-corrected chi connectivity index (χ2v) is 17.9. The summed E-state index contributed by atoms with van der Waals surface area (Å²) in [5.74, 6) is 0. The molecule has 13 aromatic rings. The highest BCUT2D eigenvalue weighted by atomic mass is 16.3. The number of furan rings is 2. The van der Waals surface area contributed by atoms with Crippen LogP contribution in [-0.4, -0.2) is 0 Å². The lowest BCUT2D eigenvalue weighted by Crippen LogP contribution is -2.28. The molecular formula is C65H41NO2. The fraction of sp³-hybridized carbons (Fsp3) is 0.0154. The Balaban J connectivity index is 0.996. The lowest BCUT2D eigenvalue weighted by Gasteiger charge is -2.35. The standard InChI is InChI=1S/C65H41NO2/c1-3-18-46(19-4-1)65(47-20-5-2-6-21-47)57-26-12-9-23-52(57)53-36-35-49(41-58(53)65)66(48-33-30-42(31-34-48)51-25-15-29-62-64(51)54-24-11-14-28-60(54)67-62)59-27-13-10-22-50(59)45-32-37-61-55(39-45)56-38-43-16-7-8-17-44(43)40-63(56)68-61/h1-41H. The van der Waals surface area contributed by atoms with Crippen molar-refractivity contribution in [1.29, 1.82) is 0 Å². The van der Waals surface area contributed by atoms with Gasteiger partial charge < -0.3 is 13.7 Å². The number of hydrogen-bond donors (Lipinski definition) is 0. The van der Waals surface area contributed by atoms with Crippen molar-refractivity contribution in [3.63, 3.8) is 0 Å². The van der Waals surface area contributed by atoms with Crippen molar-refractivity contribution in [2.75, 3.05) is 4.90 Å². The predicted molar refractivity (Wildman–Crippen MR) is 281 cm³/mol. The molecule has 0 N–H and O–H groups in total. The fourth-order valence-electron chi connectivity index (χ4n) is 11.3. The third kappa shape index (κ3) is 5.72. The zero-order chi connectivity index (χ0) is 44.8. The maximum atomic E-state index is 6.51. The van der Waals surface area contributed by atoms with E-state index in [1.54, 1.807) is 0 Å². The van der Waals surface area contributed by atoms with Crippen molar-refractivity contribution in [1.82, 2.24) is 0 Å². The van der Waals surface area contributed by atoms with E-state index in [4.69, 9.17) is 8.83 Å². The summed E-state index contributed by atoms with van der Waals surface area (Å²) in [6.45, 7) is 0. The Bertz CT molecular complexity index is 4050. The summed E-state index contributed by atoms with van der Waals surface area (Å²) >= 11 is 0. The molecule has 3 nitrogen and oxygen atoms in total. The molecular weight excluding hydrogens is 827 g/mol. The first-order valence-corrected chi connectivity index (χ1v) is 23.3. The van der Waals surface area contributed by atoms with Gasteiger partial charge in [-0.2, -0.15) is 0 Å². The number of benzene rings is 11. The molecule has 318 valence electrons. The molecule has 0 aliphatic heterocycles. The maximum absolute atomic E-state index is 6.51. The first-order chi connectivity index (χ1) is 33.7. The minimum Gasteiger partial charge on any atom is -0.456 e. The van der Waals surface area contributed by atoms with Gasteiger partial charge in [0.15, 0.2) is 0 Å². The zero-order valence-electron chi connectivity index (χ0n) is 36.9. The first-order valence-electron chi connectivity index (χ1n) is 23.3. The molecule has 2 aromatic heterocycles. The molecule has 0 fully saturated rings. The third-order valence-corrected chi connectivity index (χ3v) is 14.3. The molecule has 0 saturated carbocycles. The van der Waals surface area contributed by atoms with Crippen LogP contribution in [0.4, 0.5) is 17.1 Å². The summed E-state index contributed by atoms with van der Waals surface area (Å²) in [5, 5.41) is 6.82. The number of para-hydroxylation sites is 2. The molecule has 14 rings (SSSR count). The van der Waals surface area contributed by atoms with E-state index in [1.807, 2.05) is 12.1 Å². The Kier molecular flexibility index (Phi) is 8.50. The van der Waals surface area contributed by atoms with Crippen molar-refractivity contribution < 1.29 is 8.83 Å². The van der Waals surface area contributed by atoms with Gasteiger partial charge in [0, 0.05) is 38.5 Å². The molecule has 68 heavy (non-hydrogen) atoms. The van der Waals surface area contributed by atoms with E-state index in [0.29, 0.717) is 0 Å². The van der Waals surface area contributed by atoms with Crippen LogP contribution in [0.3, 0.4) is 0 Å². The Morgan fingerprint density at radius 2 is 0.882 bits per heavy atom. The second kappa shape index (κ2) is 15.1.